The molecule has 2 aliphatic heterocycles. The van der Waals surface area contributed by atoms with Gasteiger partial charge in [-0.15, -0.1) is 0 Å². The molecule has 3 heterocycles. The number of methoxy groups -OCH3 is 1. The summed E-state index contributed by atoms with van der Waals surface area (Å²) in [4.78, 5) is 53.6. The third-order valence-electron chi connectivity index (χ3n) is 7.33. The summed E-state index contributed by atoms with van der Waals surface area (Å²) in [6.45, 7) is 2.49. The Hall–Kier alpha value is -3.10. The van der Waals surface area contributed by atoms with Crippen molar-refractivity contribution in [3.8, 4) is 0 Å². The van der Waals surface area contributed by atoms with E-state index in [9.17, 15) is 19.2 Å². The lowest BCUT2D eigenvalue weighted by Crippen LogP contribution is -2.48. The van der Waals surface area contributed by atoms with Gasteiger partial charge in [0.2, 0.25) is 11.8 Å². The molecule has 1 N–H and O–H groups in total. The fraction of sp³-hybridized carbons (Fsp3) is 0.583. The van der Waals surface area contributed by atoms with Crippen molar-refractivity contribution in [1.82, 2.24) is 15.1 Å². The highest BCUT2D eigenvalue weighted by molar-refractivity contribution is 5.94. The minimum Gasteiger partial charge on any atom is -0.469 e. The van der Waals surface area contributed by atoms with E-state index in [0.29, 0.717) is 39.0 Å². The Morgan fingerprint density at radius 3 is 2.36 bits per heavy atom. The SMILES string of the molecule is COC(=O)[C@H]1CC=CC[C@H]1C(=O)N1CCC2(CCN(C(=O)CNC(=O)c3ccco3)CC2)C1. The first-order chi connectivity index (χ1) is 15.9. The van der Waals surface area contributed by atoms with Crippen LogP contribution in [-0.4, -0.2) is 73.3 Å². The molecule has 178 valence electrons. The van der Waals surface area contributed by atoms with E-state index >= 15 is 0 Å². The Balaban J connectivity index is 1.27. The molecule has 2 atom stereocenters. The van der Waals surface area contributed by atoms with Gasteiger partial charge in [0.05, 0.1) is 31.8 Å². The number of likely N-dealkylation sites (tertiary alicyclic amines) is 2. The molecule has 3 aliphatic rings. The molecule has 1 aliphatic carbocycles. The molecule has 0 saturated carbocycles. The standard InChI is InChI=1S/C24H31N3O6/c1-32-23(31)18-6-3-2-5-17(18)22(30)27-13-10-24(16-27)8-11-26(12-9-24)20(28)15-25-21(29)19-7-4-14-33-19/h2-4,7,14,17-18H,5-6,8-13,15-16H2,1H3,(H,25,29)/t17-,18+/m1/s1. The van der Waals surface area contributed by atoms with E-state index in [2.05, 4.69) is 5.32 Å². The first-order valence-electron chi connectivity index (χ1n) is 11.5. The number of carbonyl (C=O) groups is 4. The number of rotatable bonds is 5. The van der Waals surface area contributed by atoms with E-state index in [0.717, 1.165) is 19.3 Å². The van der Waals surface area contributed by atoms with Crippen LogP contribution in [-0.2, 0) is 19.1 Å². The molecule has 0 radical (unpaired) electrons. The molecule has 0 unspecified atom stereocenters. The Bertz CT molecular complexity index is 917. The summed E-state index contributed by atoms with van der Waals surface area (Å²) < 4.78 is 9.96. The van der Waals surface area contributed by atoms with Crippen LogP contribution in [0.15, 0.2) is 35.0 Å². The minimum absolute atomic E-state index is 0.00905. The number of ether oxygens (including phenoxy) is 1. The maximum atomic E-state index is 13.2. The number of hydrogen-bond donors (Lipinski definition) is 1. The van der Waals surface area contributed by atoms with Crippen molar-refractivity contribution in [2.24, 2.45) is 17.3 Å². The first kappa shape index (κ1) is 23.1. The van der Waals surface area contributed by atoms with Crippen molar-refractivity contribution < 1.29 is 28.3 Å². The Labute approximate surface area is 193 Å². The Kier molecular flexibility index (Phi) is 6.85. The smallest absolute Gasteiger partial charge is 0.309 e. The number of nitrogens with zero attached hydrogens (tertiary/aromatic N) is 2. The fourth-order valence-electron chi connectivity index (χ4n) is 5.26. The minimum atomic E-state index is -0.417. The number of piperidine rings is 1. The third kappa shape index (κ3) is 4.96. The molecule has 2 fully saturated rings. The van der Waals surface area contributed by atoms with Crippen LogP contribution >= 0.6 is 0 Å². The van der Waals surface area contributed by atoms with Gasteiger partial charge in [-0.05, 0) is 49.7 Å². The summed E-state index contributed by atoms with van der Waals surface area (Å²) in [5, 5.41) is 2.60. The van der Waals surface area contributed by atoms with E-state index in [1.54, 1.807) is 17.0 Å². The highest BCUT2D eigenvalue weighted by Crippen LogP contribution is 2.41. The zero-order chi connectivity index (χ0) is 23.4. The Morgan fingerprint density at radius 2 is 1.73 bits per heavy atom. The molecule has 9 heteroatoms. The predicted octanol–water partition coefficient (Wildman–Crippen LogP) is 1.61. The van der Waals surface area contributed by atoms with E-state index in [4.69, 9.17) is 9.15 Å². The van der Waals surface area contributed by atoms with E-state index in [-0.39, 0.29) is 41.4 Å². The van der Waals surface area contributed by atoms with Gasteiger partial charge in [0.1, 0.15) is 0 Å². The maximum Gasteiger partial charge on any atom is 0.309 e. The maximum absolute atomic E-state index is 13.2. The molecule has 0 aromatic carbocycles. The number of carbonyl (C=O) groups excluding carboxylic acids is 4. The molecule has 1 aromatic heterocycles. The van der Waals surface area contributed by atoms with Crippen molar-refractivity contribution in [1.29, 1.82) is 0 Å². The van der Waals surface area contributed by atoms with Crippen LogP contribution < -0.4 is 5.32 Å². The van der Waals surface area contributed by atoms with Gasteiger partial charge in [-0.25, -0.2) is 0 Å². The van der Waals surface area contributed by atoms with E-state index in [1.807, 2.05) is 17.1 Å². The molecule has 2 saturated heterocycles. The van der Waals surface area contributed by atoms with Crippen LogP contribution in [0.3, 0.4) is 0 Å². The molecular formula is C24H31N3O6. The molecular weight excluding hydrogens is 426 g/mol. The van der Waals surface area contributed by atoms with Gasteiger partial charge in [-0.3, -0.25) is 19.2 Å². The highest BCUT2D eigenvalue weighted by Gasteiger charge is 2.45. The summed E-state index contributed by atoms with van der Waals surface area (Å²) in [5.74, 6) is -1.42. The van der Waals surface area contributed by atoms with Crippen molar-refractivity contribution >= 4 is 23.7 Å². The van der Waals surface area contributed by atoms with Gasteiger partial charge < -0.3 is 24.3 Å². The normalized spacial score (nSPS) is 24.0. The largest absolute Gasteiger partial charge is 0.469 e. The van der Waals surface area contributed by atoms with Gasteiger partial charge in [0, 0.05) is 26.2 Å². The van der Waals surface area contributed by atoms with Crippen LogP contribution in [0.5, 0.6) is 0 Å². The monoisotopic (exact) mass is 457 g/mol. The number of allylic oxidation sites excluding steroid dienone is 2. The average molecular weight is 458 g/mol. The predicted molar refractivity (Wildman–Crippen MR) is 118 cm³/mol. The zero-order valence-electron chi connectivity index (χ0n) is 19.0. The van der Waals surface area contributed by atoms with Crippen LogP contribution in [0, 0.1) is 17.3 Å². The van der Waals surface area contributed by atoms with Crippen molar-refractivity contribution in [2.75, 3.05) is 39.8 Å². The summed E-state index contributed by atoms with van der Waals surface area (Å²) >= 11 is 0. The lowest BCUT2D eigenvalue weighted by molar-refractivity contribution is -0.153. The second kappa shape index (κ2) is 9.80. The van der Waals surface area contributed by atoms with Gasteiger partial charge in [-0.1, -0.05) is 12.2 Å². The van der Waals surface area contributed by atoms with Gasteiger partial charge in [0.15, 0.2) is 5.76 Å². The van der Waals surface area contributed by atoms with E-state index in [1.165, 1.54) is 13.4 Å². The van der Waals surface area contributed by atoms with Crippen molar-refractivity contribution in [3.05, 3.63) is 36.3 Å². The summed E-state index contributed by atoms with van der Waals surface area (Å²) in [6, 6.07) is 3.17. The quantitative estimate of drug-likeness (QED) is 0.532. The molecule has 33 heavy (non-hydrogen) atoms. The van der Waals surface area contributed by atoms with Crippen LogP contribution in [0.2, 0.25) is 0 Å². The number of nitrogens with one attached hydrogen (secondary N) is 1. The van der Waals surface area contributed by atoms with E-state index < -0.39 is 11.8 Å². The molecule has 3 amide bonds. The number of hydrogen-bond acceptors (Lipinski definition) is 6. The zero-order valence-corrected chi connectivity index (χ0v) is 19.0. The van der Waals surface area contributed by atoms with Crippen molar-refractivity contribution in [2.45, 2.75) is 32.1 Å². The number of furan rings is 1. The highest BCUT2D eigenvalue weighted by atomic mass is 16.5. The molecule has 1 aromatic rings. The Morgan fingerprint density at radius 1 is 1.06 bits per heavy atom. The topological polar surface area (TPSA) is 109 Å². The second-order valence-electron chi connectivity index (χ2n) is 9.23. The fourth-order valence-corrected chi connectivity index (χ4v) is 5.26. The number of amides is 3. The number of esters is 1. The van der Waals surface area contributed by atoms with Gasteiger partial charge in [0.25, 0.3) is 5.91 Å². The molecule has 4 rings (SSSR count). The van der Waals surface area contributed by atoms with Crippen molar-refractivity contribution in [3.63, 3.8) is 0 Å². The second-order valence-corrected chi connectivity index (χ2v) is 9.23. The summed E-state index contributed by atoms with van der Waals surface area (Å²) in [5.41, 5.74) is 0.00905. The molecule has 9 nitrogen and oxygen atoms in total. The van der Waals surface area contributed by atoms with Crippen LogP contribution in [0.1, 0.15) is 42.7 Å². The third-order valence-corrected chi connectivity index (χ3v) is 7.33. The average Bonchev–Trinajstić information content (AvgIpc) is 3.53. The van der Waals surface area contributed by atoms with Crippen LogP contribution in [0.25, 0.3) is 0 Å². The summed E-state index contributed by atoms with van der Waals surface area (Å²) in [7, 11) is 1.37. The van der Waals surface area contributed by atoms with Crippen LogP contribution in [0.4, 0.5) is 0 Å². The molecule has 1 spiro atoms. The lowest BCUT2D eigenvalue weighted by atomic mass is 9.77. The summed E-state index contributed by atoms with van der Waals surface area (Å²) in [6.07, 6.45) is 8.98. The van der Waals surface area contributed by atoms with Gasteiger partial charge in [-0.2, -0.15) is 0 Å². The van der Waals surface area contributed by atoms with Gasteiger partial charge >= 0.3 is 5.97 Å². The first-order valence-corrected chi connectivity index (χ1v) is 11.5. The lowest BCUT2D eigenvalue weighted by Gasteiger charge is -2.39. The molecule has 0 bridgehead atoms.